The number of carbonyl (C=O) groups excluding carboxylic acids is 1. The third-order valence-electron chi connectivity index (χ3n) is 2.79. The van der Waals surface area contributed by atoms with Crippen LogP contribution in [-0.2, 0) is 4.74 Å². The van der Waals surface area contributed by atoms with Gasteiger partial charge in [0, 0.05) is 19.2 Å². The standard InChI is InChI=1S/C12H13ClN4O2/c1-15-11-5-8(4-10(13)16-11)12(18)17-2-3-19-9(6-14)7-17/h4-5,9H,2-3,7H2,1H3,(H,15,16). The molecule has 0 saturated carbocycles. The van der Waals surface area contributed by atoms with E-state index in [1.54, 1.807) is 18.0 Å². The van der Waals surface area contributed by atoms with Crippen LogP contribution in [0.3, 0.4) is 0 Å². The predicted molar refractivity (Wildman–Crippen MR) is 70.1 cm³/mol. The van der Waals surface area contributed by atoms with Crippen LogP contribution in [0.1, 0.15) is 10.4 Å². The van der Waals surface area contributed by atoms with Crippen molar-refractivity contribution in [1.82, 2.24) is 9.88 Å². The van der Waals surface area contributed by atoms with E-state index in [0.717, 1.165) is 0 Å². The number of anilines is 1. The maximum Gasteiger partial charge on any atom is 0.254 e. The lowest BCUT2D eigenvalue weighted by molar-refractivity contribution is 0.00347. The number of hydrogen-bond acceptors (Lipinski definition) is 5. The van der Waals surface area contributed by atoms with Crippen LogP contribution in [0.15, 0.2) is 12.1 Å². The molecule has 1 amide bonds. The Morgan fingerprint density at radius 1 is 1.68 bits per heavy atom. The average Bonchev–Trinajstić information content (AvgIpc) is 2.45. The number of aromatic nitrogens is 1. The molecule has 1 atom stereocenters. The molecule has 1 aromatic heterocycles. The third-order valence-corrected chi connectivity index (χ3v) is 2.99. The lowest BCUT2D eigenvalue weighted by atomic mass is 10.2. The van der Waals surface area contributed by atoms with Gasteiger partial charge in [-0.2, -0.15) is 5.26 Å². The van der Waals surface area contributed by atoms with Crippen molar-refractivity contribution in [2.24, 2.45) is 0 Å². The number of pyridine rings is 1. The van der Waals surface area contributed by atoms with Crippen molar-refractivity contribution < 1.29 is 9.53 Å². The zero-order valence-electron chi connectivity index (χ0n) is 10.4. The van der Waals surface area contributed by atoms with E-state index in [9.17, 15) is 4.79 Å². The van der Waals surface area contributed by atoms with Crippen LogP contribution in [0.25, 0.3) is 0 Å². The minimum atomic E-state index is -0.571. The van der Waals surface area contributed by atoms with Crippen LogP contribution < -0.4 is 5.32 Å². The maximum atomic E-state index is 12.3. The number of nitrogens with zero attached hydrogens (tertiary/aromatic N) is 3. The Kier molecular flexibility index (Phi) is 4.20. The summed E-state index contributed by atoms with van der Waals surface area (Å²) in [5, 5.41) is 11.9. The van der Waals surface area contributed by atoms with E-state index < -0.39 is 6.10 Å². The highest BCUT2D eigenvalue weighted by Gasteiger charge is 2.25. The fraction of sp³-hybridized carbons (Fsp3) is 0.417. The van der Waals surface area contributed by atoms with Gasteiger partial charge in [-0.05, 0) is 12.1 Å². The first-order valence-corrected chi connectivity index (χ1v) is 6.17. The summed E-state index contributed by atoms with van der Waals surface area (Å²) in [7, 11) is 1.70. The molecule has 1 N–H and O–H groups in total. The van der Waals surface area contributed by atoms with Crippen molar-refractivity contribution in [2.75, 3.05) is 32.1 Å². The van der Waals surface area contributed by atoms with E-state index in [-0.39, 0.29) is 17.6 Å². The van der Waals surface area contributed by atoms with Gasteiger partial charge in [0.25, 0.3) is 5.91 Å². The lowest BCUT2D eigenvalue weighted by Gasteiger charge is -2.29. The number of nitrogens with one attached hydrogen (secondary N) is 1. The molecule has 1 fully saturated rings. The zero-order valence-corrected chi connectivity index (χ0v) is 11.1. The van der Waals surface area contributed by atoms with Gasteiger partial charge in [-0.15, -0.1) is 0 Å². The minimum Gasteiger partial charge on any atom is -0.373 e. The Hall–Kier alpha value is -1.84. The molecule has 0 aliphatic carbocycles. The van der Waals surface area contributed by atoms with Gasteiger partial charge in [0.15, 0.2) is 6.10 Å². The van der Waals surface area contributed by atoms with Crippen LogP contribution in [0, 0.1) is 11.3 Å². The van der Waals surface area contributed by atoms with Gasteiger partial charge in [0.2, 0.25) is 0 Å². The third kappa shape index (κ3) is 3.13. The minimum absolute atomic E-state index is 0.177. The van der Waals surface area contributed by atoms with Gasteiger partial charge in [0.05, 0.1) is 19.2 Å². The highest BCUT2D eigenvalue weighted by Crippen LogP contribution is 2.17. The van der Waals surface area contributed by atoms with Gasteiger partial charge in [-0.1, -0.05) is 11.6 Å². The molecule has 2 heterocycles. The van der Waals surface area contributed by atoms with Crippen LogP contribution >= 0.6 is 11.6 Å². The molecule has 0 spiro atoms. The molecule has 100 valence electrons. The van der Waals surface area contributed by atoms with Crippen molar-refractivity contribution in [3.63, 3.8) is 0 Å². The van der Waals surface area contributed by atoms with Gasteiger partial charge in [0.1, 0.15) is 11.0 Å². The first-order valence-electron chi connectivity index (χ1n) is 5.80. The van der Waals surface area contributed by atoms with Crippen molar-refractivity contribution in [3.8, 4) is 6.07 Å². The quantitative estimate of drug-likeness (QED) is 0.822. The molecule has 7 heteroatoms. The van der Waals surface area contributed by atoms with Crippen LogP contribution in [0.4, 0.5) is 5.82 Å². The smallest absolute Gasteiger partial charge is 0.254 e. The number of hydrogen-bond donors (Lipinski definition) is 1. The fourth-order valence-corrected chi connectivity index (χ4v) is 2.05. The van der Waals surface area contributed by atoms with Crippen LogP contribution in [0.2, 0.25) is 5.15 Å². The molecule has 6 nitrogen and oxygen atoms in total. The Labute approximate surface area is 115 Å². The second-order valence-corrected chi connectivity index (χ2v) is 4.44. The van der Waals surface area contributed by atoms with E-state index in [2.05, 4.69) is 10.3 Å². The maximum absolute atomic E-state index is 12.3. The largest absolute Gasteiger partial charge is 0.373 e. The van der Waals surface area contributed by atoms with Gasteiger partial charge < -0.3 is 15.0 Å². The molecule has 19 heavy (non-hydrogen) atoms. The number of nitriles is 1. The van der Waals surface area contributed by atoms with Gasteiger partial charge >= 0.3 is 0 Å². The number of rotatable bonds is 2. The molecular formula is C12H13ClN4O2. The normalized spacial score (nSPS) is 18.8. The highest BCUT2D eigenvalue weighted by atomic mass is 35.5. The molecule has 1 aromatic rings. The summed E-state index contributed by atoms with van der Waals surface area (Å²) in [5.41, 5.74) is 0.447. The summed E-state index contributed by atoms with van der Waals surface area (Å²) >= 11 is 5.87. The van der Waals surface area contributed by atoms with Gasteiger partial charge in [-0.3, -0.25) is 4.79 Å². The lowest BCUT2D eigenvalue weighted by Crippen LogP contribution is -2.45. The summed E-state index contributed by atoms with van der Waals surface area (Å²) in [5.74, 6) is 0.352. The van der Waals surface area contributed by atoms with E-state index in [4.69, 9.17) is 21.6 Å². The summed E-state index contributed by atoms with van der Waals surface area (Å²) in [6.45, 7) is 1.09. The molecule has 0 bridgehead atoms. The number of ether oxygens (including phenoxy) is 1. The second kappa shape index (κ2) is 5.87. The molecule has 1 saturated heterocycles. The first-order chi connectivity index (χ1) is 9.13. The number of amides is 1. The SMILES string of the molecule is CNc1cc(C(=O)N2CCOC(C#N)C2)cc(Cl)n1. The molecule has 2 rings (SSSR count). The van der Waals surface area contributed by atoms with Crippen molar-refractivity contribution >= 4 is 23.3 Å². The summed E-state index contributed by atoms with van der Waals surface area (Å²) in [4.78, 5) is 17.9. The monoisotopic (exact) mass is 280 g/mol. The Morgan fingerprint density at radius 3 is 3.16 bits per heavy atom. The number of carbonyl (C=O) groups is 1. The van der Waals surface area contributed by atoms with Crippen LogP contribution in [-0.4, -0.2) is 48.6 Å². The van der Waals surface area contributed by atoms with Gasteiger partial charge in [-0.25, -0.2) is 4.98 Å². The predicted octanol–water partition coefficient (Wildman–Crippen LogP) is 1.14. The molecule has 0 aromatic carbocycles. The summed E-state index contributed by atoms with van der Waals surface area (Å²) in [6, 6.07) is 5.15. The van der Waals surface area contributed by atoms with E-state index >= 15 is 0 Å². The average molecular weight is 281 g/mol. The first kappa shape index (κ1) is 13.6. The number of halogens is 1. The van der Waals surface area contributed by atoms with Crippen molar-refractivity contribution in [2.45, 2.75) is 6.10 Å². The molecule has 1 aliphatic rings. The molecular weight excluding hydrogens is 268 g/mol. The summed E-state index contributed by atoms with van der Waals surface area (Å²) < 4.78 is 5.21. The molecule has 1 aliphatic heterocycles. The van der Waals surface area contributed by atoms with Crippen molar-refractivity contribution in [1.29, 1.82) is 5.26 Å². The Balaban J connectivity index is 2.19. The second-order valence-electron chi connectivity index (χ2n) is 4.05. The van der Waals surface area contributed by atoms with E-state index in [1.165, 1.54) is 6.07 Å². The van der Waals surface area contributed by atoms with E-state index in [1.807, 2.05) is 6.07 Å². The topological polar surface area (TPSA) is 78.3 Å². The molecule has 1 unspecified atom stereocenters. The van der Waals surface area contributed by atoms with Crippen molar-refractivity contribution in [3.05, 3.63) is 22.8 Å². The zero-order chi connectivity index (χ0) is 13.8. The Morgan fingerprint density at radius 2 is 2.47 bits per heavy atom. The number of morpholine rings is 1. The van der Waals surface area contributed by atoms with Crippen LogP contribution in [0.5, 0.6) is 0 Å². The Bertz CT molecular complexity index is 529. The highest BCUT2D eigenvalue weighted by molar-refractivity contribution is 6.29. The fourth-order valence-electron chi connectivity index (χ4n) is 1.84. The van der Waals surface area contributed by atoms with E-state index in [0.29, 0.717) is 24.5 Å². The summed E-state index contributed by atoms with van der Waals surface area (Å²) in [6.07, 6.45) is -0.571. The molecule has 0 radical (unpaired) electrons.